The second-order valence-electron chi connectivity index (χ2n) is 7.47. The van der Waals surface area contributed by atoms with Gasteiger partial charge < -0.3 is 18.8 Å². The van der Waals surface area contributed by atoms with Crippen molar-refractivity contribution in [1.29, 1.82) is 0 Å². The fourth-order valence-corrected chi connectivity index (χ4v) is 3.70. The molecule has 1 atom stereocenters. The number of carbonyl (C=O) groups excluding carboxylic acids is 1. The summed E-state index contributed by atoms with van der Waals surface area (Å²) < 4.78 is 16.8. The number of carbonyl (C=O) groups is 1. The third-order valence-corrected chi connectivity index (χ3v) is 5.34. The molecule has 0 radical (unpaired) electrons. The van der Waals surface area contributed by atoms with Gasteiger partial charge in [0.2, 0.25) is 0 Å². The van der Waals surface area contributed by atoms with Crippen molar-refractivity contribution in [2.45, 2.75) is 25.2 Å². The smallest absolute Gasteiger partial charge is 0.260 e. The highest BCUT2D eigenvalue weighted by Crippen LogP contribution is 2.27. The first-order chi connectivity index (χ1) is 14.7. The number of likely N-dealkylation sites (tertiary alicyclic amines) is 1. The maximum absolute atomic E-state index is 12.6. The van der Waals surface area contributed by atoms with Crippen LogP contribution in [0.25, 0.3) is 0 Å². The van der Waals surface area contributed by atoms with Crippen LogP contribution in [0.4, 0.5) is 0 Å². The highest BCUT2D eigenvalue weighted by Gasteiger charge is 2.28. The van der Waals surface area contributed by atoms with E-state index in [9.17, 15) is 4.79 Å². The average molecular weight is 406 g/mol. The molecule has 1 aromatic heterocycles. The van der Waals surface area contributed by atoms with Crippen molar-refractivity contribution >= 4 is 5.91 Å². The number of amides is 1. The van der Waals surface area contributed by atoms with Gasteiger partial charge in [-0.15, -0.1) is 0 Å². The van der Waals surface area contributed by atoms with Crippen molar-refractivity contribution in [1.82, 2.24) is 9.88 Å². The van der Waals surface area contributed by atoms with E-state index in [1.165, 1.54) is 5.56 Å². The van der Waals surface area contributed by atoms with Crippen LogP contribution in [-0.2, 0) is 11.2 Å². The minimum Gasteiger partial charge on any atom is -0.497 e. The molecule has 0 saturated carbocycles. The van der Waals surface area contributed by atoms with Crippen molar-refractivity contribution in [2.24, 2.45) is 0 Å². The van der Waals surface area contributed by atoms with Crippen LogP contribution in [0.5, 0.6) is 11.5 Å². The molecule has 1 saturated heterocycles. The lowest BCUT2D eigenvalue weighted by Crippen LogP contribution is -2.41. The van der Waals surface area contributed by atoms with Gasteiger partial charge in [0.25, 0.3) is 5.91 Å². The molecule has 2 heterocycles. The minimum atomic E-state index is -0.0217. The Morgan fingerprint density at radius 3 is 2.67 bits per heavy atom. The number of oxazole rings is 1. The molecular weight excluding hydrogens is 380 g/mol. The Morgan fingerprint density at radius 2 is 1.90 bits per heavy atom. The van der Waals surface area contributed by atoms with Crippen LogP contribution in [0.15, 0.2) is 65.2 Å². The molecule has 0 aliphatic carbocycles. The summed E-state index contributed by atoms with van der Waals surface area (Å²) in [6.07, 6.45) is 4.42. The first-order valence-corrected chi connectivity index (χ1v) is 10.2. The summed E-state index contributed by atoms with van der Waals surface area (Å²) >= 11 is 0. The third kappa shape index (κ3) is 5.00. The highest BCUT2D eigenvalue weighted by molar-refractivity contribution is 5.78. The van der Waals surface area contributed by atoms with Crippen molar-refractivity contribution in [3.8, 4) is 11.5 Å². The molecule has 1 amide bonds. The van der Waals surface area contributed by atoms with Gasteiger partial charge >= 0.3 is 0 Å². The maximum Gasteiger partial charge on any atom is 0.260 e. The maximum atomic E-state index is 12.6. The summed E-state index contributed by atoms with van der Waals surface area (Å²) in [6, 6.07) is 17.4. The van der Waals surface area contributed by atoms with Crippen LogP contribution in [0, 0.1) is 0 Å². The van der Waals surface area contributed by atoms with E-state index in [1.54, 1.807) is 25.4 Å². The number of benzene rings is 2. The molecule has 0 unspecified atom stereocenters. The van der Waals surface area contributed by atoms with Crippen molar-refractivity contribution < 1.29 is 18.7 Å². The third-order valence-electron chi connectivity index (χ3n) is 5.34. The number of aromatic nitrogens is 1. The van der Waals surface area contributed by atoms with E-state index in [1.807, 2.05) is 35.2 Å². The zero-order valence-electron chi connectivity index (χ0n) is 17.1. The van der Waals surface area contributed by atoms with E-state index in [2.05, 4.69) is 17.1 Å². The standard InChI is InChI=1S/C24H26N2O4/c1-28-20-9-11-21(12-10-20)29-17-23(27)26-13-5-8-19(16-26)24-25-15-22(30-24)14-18-6-3-2-4-7-18/h2-4,6-7,9-12,15,19H,5,8,13-14,16-17H2,1H3/t19-/m0/s1. The van der Waals surface area contributed by atoms with E-state index in [-0.39, 0.29) is 18.4 Å². The summed E-state index contributed by atoms with van der Waals surface area (Å²) in [5.41, 5.74) is 1.19. The lowest BCUT2D eigenvalue weighted by Gasteiger charge is -2.31. The van der Waals surface area contributed by atoms with E-state index in [0.717, 1.165) is 43.2 Å². The Kier molecular flexibility index (Phi) is 6.32. The molecule has 1 aliphatic rings. The molecule has 6 heteroatoms. The number of rotatable bonds is 7. The van der Waals surface area contributed by atoms with Crippen molar-refractivity contribution in [3.63, 3.8) is 0 Å². The first-order valence-electron chi connectivity index (χ1n) is 10.2. The van der Waals surface area contributed by atoms with Gasteiger partial charge in [-0.2, -0.15) is 0 Å². The Hall–Kier alpha value is -3.28. The number of hydrogen-bond acceptors (Lipinski definition) is 5. The molecule has 4 rings (SSSR count). The number of nitrogens with zero attached hydrogens (tertiary/aromatic N) is 2. The van der Waals surface area contributed by atoms with Crippen LogP contribution in [0.3, 0.4) is 0 Å². The normalized spacial score (nSPS) is 16.3. The fourth-order valence-electron chi connectivity index (χ4n) is 3.70. The SMILES string of the molecule is COc1ccc(OCC(=O)N2CCC[C@H](c3ncc(Cc4ccccc4)o3)C2)cc1. The summed E-state index contributed by atoms with van der Waals surface area (Å²) in [7, 11) is 1.62. The zero-order valence-corrected chi connectivity index (χ0v) is 17.1. The summed E-state index contributed by atoms with van der Waals surface area (Å²) in [4.78, 5) is 19.0. The molecule has 156 valence electrons. The van der Waals surface area contributed by atoms with Gasteiger partial charge in [-0.05, 0) is 42.7 Å². The molecular formula is C24H26N2O4. The molecule has 2 aromatic carbocycles. The van der Waals surface area contributed by atoms with Gasteiger partial charge in [-0.3, -0.25) is 4.79 Å². The van der Waals surface area contributed by atoms with Gasteiger partial charge in [0.05, 0.1) is 19.2 Å². The Balaban J connectivity index is 1.32. The summed E-state index contributed by atoms with van der Waals surface area (Å²) in [5.74, 6) is 3.07. The molecule has 1 aliphatic heterocycles. The molecule has 6 nitrogen and oxygen atoms in total. The first kappa shape index (κ1) is 20.0. The van der Waals surface area contributed by atoms with E-state index in [4.69, 9.17) is 13.9 Å². The van der Waals surface area contributed by atoms with Crippen molar-refractivity contribution in [2.75, 3.05) is 26.8 Å². The Morgan fingerprint density at radius 1 is 1.13 bits per heavy atom. The van der Waals surface area contributed by atoms with Gasteiger partial charge in [0.15, 0.2) is 12.5 Å². The largest absolute Gasteiger partial charge is 0.497 e. The number of ether oxygens (including phenoxy) is 2. The zero-order chi connectivity index (χ0) is 20.8. The lowest BCUT2D eigenvalue weighted by molar-refractivity contribution is -0.134. The number of methoxy groups -OCH3 is 1. The van der Waals surface area contributed by atoms with Gasteiger partial charge in [-0.25, -0.2) is 4.98 Å². The monoisotopic (exact) mass is 406 g/mol. The lowest BCUT2D eigenvalue weighted by atomic mass is 9.98. The number of piperidine rings is 1. The van der Waals surface area contributed by atoms with Crippen LogP contribution in [0.2, 0.25) is 0 Å². The quantitative estimate of drug-likeness (QED) is 0.592. The topological polar surface area (TPSA) is 64.8 Å². The van der Waals surface area contributed by atoms with Gasteiger partial charge in [-0.1, -0.05) is 30.3 Å². The molecule has 3 aromatic rings. The van der Waals surface area contributed by atoms with Crippen LogP contribution < -0.4 is 9.47 Å². The predicted molar refractivity (Wildman–Crippen MR) is 113 cm³/mol. The Bertz CT molecular complexity index is 953. The highest BCUT2D eigenvalue weighted by atomic mass is 16.5. The predicted octanol–water partition coefficient (Wildman–Crippen LogP) is 4.06. The van der Waals surface area contributed by atoms with E-state index in [0.29, 0.717) is 12.3 Å². The molecule has 1 fully saturated rings. The van der Waals surface area contributed by atoms with Crippen LogP contribution >= 0.6 is 0 Å². The fraction of sp³-hybridized carbons (Fsp3) is 0.333. The molecule has 0 bridgehead atoms. The van der Waals surface area contributed by atoms with Crippen LogP contribution in [-0.4, -0.2) is 42.6 Å². The number of hydrogen-bond donors (Lipinski definition) is 0. The molecule has 0 N–H and O–H groups in total. The summed E-state index contributed by atoms with van der Waals surface area (Å²) in [6.45, 7) is 1.36. The van der Waals surface area contributed by atoms with Crippen LogP contribution in [0.1, 0.15) is 36.0 Å². The molecule has 30 heavy (non-hydrogen) atoms. The average Bonchev–Trinajstić information content (AvgIpc) is 3.27. The van der Waals surface area contributed by atoms with Gasteiger partial charge in [0, 0.05) is 19.5 Å². The van der Waals surface area contributed by atoms with Gasteiger partial charge in [0.1, 0.15) is 17.3 Å². The van der Waals surface area contributed by atoms with Crippen molar-refractivity contribution in [3.05, 3.63) is 78.0 Å². The molecule has 0 spiro atoms. The second kappa shape index (κ2) is 9.48. The summed E-state index contributed by atoms with van der Waals surface area (Å²) in [5, 5.41) is 0. The van der Waals surface area contributed by atoms with E-state index >= 15 is 0 Å². The Labute approximate surface area is 176 Å². The van der Waals surface area contributed by atoms with E-state index < -0.39 is 0 Å². The second-order valence-corrected chi connectivity index (χ2v) is 7.47. The minimum absolute atomic E-state index is 0.0177.